The highest BCUT2D eigenvalue weighted by molar-refractivity contribution is 4.96. The van der Waals surface area contributed by atoms with E-state index in [4.69, 9.17) is 0 Å². The molecule has 0 amide bonds. The summed E-state index contributed by atoms with van der Waals surface area (Å²) in [6.45, 7) is 11.0. The Morgan fingerprint density at radius 2 is 1.89 bits per heavy atom. The van der Waals surface area contributed by atoms with Gasteiger partial charge in [0.1, 0.15) is 0 Å². The molecule has 0 aromatic heterocycles. The molecule has 1 heterocycles. The van der Waals surface area contributed by atoms with Crippen LogP contribution < -0.4 is 5.32 Å². The van der Waals surface area contributed by atoms with Gasteiger partial charge in [0.05, 0.1) is 0 Å². The fraction of sp³-hybridized carbons (Fsp3) is 1.00. The molecule has 1 saturated heterocycles. The van der Waals surface area contributed by atoms with Gasteiger partial charge in [0, 0.05) is 18.1 Å². The smallest absolute Gasteiger partial charge is 0.0257 e. The van der Waals surface area contributed by atoms with Gasteiger partial charge in [-0.05, 0) is 64.0 Å². The second-order valence-corrected chi connectivity index (χ2v) is 7.59. The Labute approximate surface area is 114 Å². The SMILES string of the molecule is CNC1CCC(C)(C)CC1N1CCC(C)CC1C. The molecule has 1 N–H and O–H groups in total. The maximum Gasteiger partial charge on any atom is 0.0257 e. The van der Waals surface area contributed by atoms with Gasteiger partial charge < -0.3 is 5.32 Å². The third-order valence-electron chi connectivity index (χ3n) is 5.34. The number of piperidine rings is 1. The fourth-order valence-corrected chi connectivity index (χ4v) is 4.15. The highest BCUT2D eigenvalue weighted by Gasteiger charge is 2.39. The minimum atomic E-state index is 0.529. The van der Waals surface area contributed by atoms with Crippen molar-refractivity contribution in [2.24, 2.45) is 11.3 Å². The molecule has 1 aliphatic carbocycles. The largest absolute Gasteiger partial charge is 0.315 e. The summed E-state index contributed by atoms with van der Waals surface area (Å²) in [5, 5.41) is 3.58. The number of hydrogen-bond donors (Lipinski definition) is 1. The van der Waals surface area contributed by atoms with Crippen molar-refractivity contribution in [3.8, 4) is 0 Å². The molecule has 2 heteroatoms. The van der Waals surface area contributed by atoms with E-state index in [0.717, 1.165) is 18.0 Å². The summed E-state index contributed by atoms with van der Waals surface area (Å²) in [4.78, 5) is 2.81. The fourth-order valence-electron chi connectivity index (χ4n) is 4.15. The van der Waals surface area contributed by atoms with E-state index in [1.165, 1.54) is 38.6 Å². The van der Waals surface area contributed by atoms with Crippen molar-refractivity contribution in [2.75, 3.05) is 13.6 Å². The number of nitrogens with zero attached hydrogens (tertiary/aromatic N) is 1. The summed E-state index contributed by atoms with van der Waals surface area (Å²) in [6.07, 6.45) is 6.84. The first-order valence-electron chi connectivity index (χ1n) is 7.86. The second kappa shape index (κ2) is 5.50. The van der Waals surface area contributed by atoms with Crippen molar-refractivity contribution in [3.05, 3.63) is 0 Å². The predicted molar refractivity (Wildman–Crippen MR) is 78.8 cm³/mol. The number of likely N-dealkylation sites (tertiary alicyclic amines) is 1. The zero-order valence-corrected chi connectivity index (χ0v) is 13.0. The molecule has 106 valence electrons. The van der Waals surface area contributed by atoms with Crippen molar-refractivity contribution in [3.63, 3.8) is 0 Å². The van der Waals surface area contributed by atoms with Crippen LogP contribution in [0.25, 0.3) is 0 Å². The maximum absolute atomic E-state index is 3.58. The van der Waals surface area contributed by atoms with Crippen LogP contribution in [-0.2, 0) is 0 Å². The average Bonchev–Trinajstić information content (AvgIpc) is 2.28. The topological polar surface area (TPSA) is 15.3 Å². The van der Waals surface area contributed by atoms with Gasteiger partial charge in [0.25, 0.3) is 0 Å². The summed E-state index contributed by atoms with van der Waals surface area (Å²) in [6, 6.07) is 2.22. The molecule has 0 spiro atoms. The van der Waals surface area contributed by atoms with Crippen LogP contribution in [0, 0.1) is 11.3 Å². The summed E-state index contributed by atoms with van der Waals surface area (Å²) >= 11 is 0. The van der Waals surface area contributed by atoms with Crippen molar-refractivity contribution in [1.29, 1.82) is 0 Å². The lowest BCUT2D eigenvalue weighted by Crippen LogP contribution is -2.58. The van der Waals surface area contributed by atoms with Crippen LogP contribution in [-0.4, -0.2) is 36.6 Å². The van der Waals surface area contributed by atoms with Crippen molar-refractivity contribution < 1.29 is 0 Å². The average molecular weight is 252 g/mol. The van der Waals surface area contributed by atoms with Crippen molar-refractivity contribution in [1.82, 2.24) is 10.2 Å². The second-order valence-electron chi connectivity index (χ2n) is 7.59. The minimum Gasteiger partial charge on any atom is -0.315 e. The van der Waals surface area contributed by atoms with Gasteiger partial charge in [-0.15, -0.1) is 0 Å². The molecule has 4 atom stereocenters. The minimum absolute atomic E-state index is 0.529. The Balaban J connectivity index is 2.08. The molecule has 0 aromatic rings. The van der Waals surface area contributed by atoms with Crippen LogP contribution in [0.3, 0.4) is 0 Å². The van der Waals surface area contributed by atoms with Crippen molar-refractivity contribution >= 4 is 0 Å². The highest BCUT2D eigenvalue weighted by Crippen LogP contribution is 2.39. The van der Waals surface area contributed by atoms with E-state index in [-0.39, 0.29) is 0 Å². The summed E-state index contributed by atoms with van der Waals surface area (Å²) in [7, 11) is 2.15. The van der Waals surface area contributed by atoms with Crippen LogP contribution in [0.15, 0.2) is 0 Å². The Morgan fingerprint density at radius 3 is 2.50 bits per heavy atom. The van der Waals surface area contributed by atoms with Crippen LogP contribution in [0.2, 0.25) is 0 Å². The van der Waals surface area contributed by atoms with E-state index in [9.17, 15) is 0 Å². The molecule has 0 radical (unpaired) electrons. The predicted octanol–water partition coefficient (Wildman–Crippen LogP) is 3.27. The molecular weight excluding hydrogens is 220 g/mol. The first-order chi connectivity index (χ1) is 8.43. The molecule has 2 aliphatic rings. The molecule has 1 aliphatic heterocycles. The van der Waals surface area contributed by atoms with Gasteiger partial charge in [0.15, 0.2) is 0 Å². The van der Waals surface area contributed by atoms with Gasteiger partial charge in [-0.25, -0.2) is 0 Å². The third-order valence-corrected chi connectivity index (χ3v) is 5.34. The standard InChI is InChI=1S/C16H32N2/c1-12-7-9-18(13(2)10-12)15-11-16(3,4)8-6-14(15)17-5/h12-15,17H,6-11H2,1-5H3. The number of hydrogen-bond acceptors (Lipinski definition) is 2. The lowest BCUT2D eigenvalue weighted by atomic mass is 9.71. The molecule has 2 nitrogen and oxygen atoms in total. The lowest BCUT2D eigenvalue weighted by Gasteiger charge is -2.50. The zero-order valence-electron chi connectivity index (χ0n) is 13.0. The van der Waals surface area contributed by atoms with Gasteiger partial charge in [-0.2, -0.15) is 0 Å². The van der Waals surface area contributed by atoms with Gasteiger partial charge >= 0.3 is 0 Å². The van der Waals surface area contributed by atoms with Gasteiger partial charge in [-0.3, -0.25) is 4.90 Å². The maximum atomic E-state index is 3.58. The van der Waals surface area contributed by atoms with Crippen LogP contribution in [0.4, 0.5) is 0 Å². The lowest BCUT2D eigenvalue weighted by molar-refractivity contribution is 0.0140. The monoisotopic (exact) mass is 252 g/mol. The van der Waals surface area contributed by atoms with E-state index in [0.29, 0.717) is 11.5 Å². The molecule has 0 aromatic carbocycles. The summed E-state index contributed by atoms with van der Waals surface area (Å²) in [5.74, 6) is 0.917. The Kier molecular flexibility index (Phi) is 4.38. The molecule has 1 saturated carbocycles. The molecule has 2 rings (SSSR count). The van der Waals surface area contributed by atoms with E-state index in [1.54, 1.807) is 0 Å². The molecule has 0 bridgehead atoms. The van der Waals surface area contributed by atoms with E-state index in [2.05, 4.69) is 45.0 Å². The first-order valence-corrected chi connectivity index (χ1v) is 7.86. The van der Waals surface area contributed by atoms with Gasteiger partial charge in [-0.1, -0.05) is 20.8 Å². The Bertz CT molecular complexity index is 274. The number of likely N-dealkylation sites (N-methyl/N-ethyl adjacent to an activating group) is 1. The molecule has 4 unspecified atom stereocenters. The Hall–Kier alpha value is -0.0800. The number of nitrogens with one attached hydrogen (secondary N) is 1. The van der Waals surface area contributed by atoms with E-state index >= 15 is 0 Å². The summed E-state index contributed by atoms with van der Waals surface area (Å²) in [5.41, 5.74) is 0.529. The van der Waals surface area contributed by atoms with E-state index < -0.39 is 0 Å². The van der Waals surface area contributed by atoms with Gasteiger partial charge in [0.2, 0.25) is 0 Å². The first kappa shape index (κ1) is 14.3. The molecule has 2 fully saturated rings. The van der Waals surface area contributed by atoms with Crippen LogP contribution in [0.5, 0.6) is 0 Å². The summed E-state index contributed by atoms with van der Waals surface area (Å²) < 4.78 is 0. The normalized spacial score (nSPS) is 41.8. The molecule has 18 heavy (non-hydrogen) atoms. The zero-order chi connectivity index (χ0) is 13.3. The molecular formula is C16H32N2. The number of rotatable bonds is 2. The van der Waals surface area contributed by atoms with Crippen LogP contribution in [0.1, 0.15) is 59.8 Å². The van der Waals surface area contributed by atoms with E-state index in [1.807, 2.05) is 0 Å². The Morgan fingerprint density at radius 1 is 1.17 bits per heavy atom. The van der Waals surface area contributed by atoms with Crippen LogP contribution >= 0.6 is 0 Å². The van der Waals surface area contributed by atoms with Crippen molar-refractivity contribution in [2.45, 2.75) is 77.9 Å². The third kappa shape index (κ3) is 3.08. The highest BCUT2D eigenvalue weighted by atomic mass is 15.2. The quantitative estimate of drug-likeness (QED) is 0.811.